The summed E-state index contributed by atoms with van der Waals surface area (Å²) in [5, 5.41) is 13.4. The summed E-state index contributed by atoms with van der Waals surface area (Å²) in [5.41, 5.74) is -3.54. The van der Waals surface area contributed by atoms with Gasteiger partial charge in [-0.1, -0.05) is 24.3 Å². The first-order valence-corrected chi connectivity index (χ1v) is 12.4. The van der Waals surface area contributed by atoms with Crippen molar-refractivity contribution in [2.75, 3.05) is 17.3 Å². The smallest absolute Gasteiger partial charge is 0.416 e. The molecule has 42 heavy (non-hydrogen) atoms. The minimum atomic E-state index is -4.76. The zero-order chi connectivity index (χ0) is 31.0. The molecule has 0 aliphatic carbocycles. The van der Waals surface area contributed by atoms with E-state index in [9.17, 15) is 41.1 Å². The van der Waals surface area contributed by atoms with Gasteiger partial charge in [-0.05, 0) is 67.9 Å². The van der Waals surface area contributed by atoms with Crippen molar-refractivity contribution < 1.29 is 45.9 Å². The van der Waals surface area contributed by atoms with Crippen LogP contribution in [0.1, 0.15) is 30.5 Å². The number of benzene rings is 3. The average Bonchev–Trinajstić information content (AvgIpc) is 3.12. The van der Waals surface area contributed by atoms with Crippen molar-refractivity contribution in [3.05, 3.63) is 89.5 Å². The van der Waals surface area contributed by atoms with E-state index in [4.69, 9.17) is 4.74 Å². The van der Waals surface area contributed by atoms with Gasteiger partial charge in [0.2, 0.25) is 0 Å². The van der Waals surface area contributed by atoms with E-state index in [-0.39, 0.29) is 23.0 Å². The van der Waals surface area contributed by atoms with Gasteiger partial charge in [0.05, 0.1) is 23.8 Å². The SMILES string of the molecule is COc1ccc(CN2C(=O)N(c3cccc(C(F)(F)F)c3)[C@@H](N(O)C(=O)Nc3cccc(C(F)(F)F)c3)C2(C)C)cc1. The first-order valence-electron chi connectivity index (χ1n) is 12.4. The van der Waals surface area contributed by atoms with Crippen molar-refractivity contribution in [2.24, 2.45) is 0 Å². The molecule has 224 valence electrons. The number of halogens is 6. The second-order valence-electron chi connectivity index (χ2n) is 10.0. The van der Waals surface area contributed by atoms with E-state index in [0.717, 1.165) is 35.2 Å². The number of nitrogens with zero attached hydrogens (tertiary/aromatic N) is 3. The van der Waals surface area contributed by atoms with Gasteiger partial charge in [0, 0.05) is 17.9 Å². The predicted octanol–water partition coefficient (Wildman–Crippen LogP) is 7.20. The van der Waals surface area contributed by atoms with Crippen LogP contribution >= 0.6 is 0 Å². The van der Waals surface area contributed by atoms with E-state index in [1.807, 2.05) is 0 Å². The summed E-state index contributed by atoms with van der Waals surface area (Å²) in [6.45, 7) is 2.92. The van der Waals surface area contributed by atoms with Crippen molar-refractivity contribution in [1.82, 2.24) is 9.96 Å². The van der Waals surface area contributed by atoms with Gasteiger partial charge in [-0.15, -0.1) is 0 Å². The van der Waals surface area contributed by atoms with Crippen LogP contribution in [0.15, 0.2) is 72.8 Å². The highest BCUT2D eigenvalue weighted by Crippen LogP contribution is 2.41. The third-order valence-electron chi connectivity index (χ3n) is 6.84. The number of hydroxylamine groups is 2. The quantitative estimate of drug-likeness (QED) is 0.179. The molecule has 4 amide bonds. The summed E-state index contributed by atoms with van der Waals surface area (Å²) in [6, 6.07) is 11.9. The van der Waals surface area contributed by atoms with Crippen LogP contribution in [0, 0.1) is 0 Å². The van der Waals surface area contributed by atoms with Crippen molar-refractivity contribution in [1.29, 1.82) is 0 Å². The Morgan fingerprint density at radius 1 is 0.952 bits per heavy atom. The largest absolute Gasteiger partial charge is 0.497 e. The van der Waals surface area contributed by atoms with E-state index in [1.54, 1.807) is 24.3 Å². The normalized spacial score (nSPS) is 16.9. The molecule has 0 unspecified atom stereocenters. The molecule has 1 heterocycles. The fourth-order valence-corrected chi connectivity index (χ4v) is 4.68. The minimum absolute atomic E-state index is 0.0646. The van der Waals surface area contributed by atoms with Crippen LogP contribution in [0.2, 0.25) is 0 Å². The number of carbonyl (C=O) groups excluding carboxylic acids is 2. The molecular weight excluding hydrogens is 570 g/mol. The Labute approximate surface area is 236 Å². The van der Waals surface area contributed by atoms with Gasteiger partial charge in [-0.3, -0.25) is 10.1 Å². The van der Waals surface area contributed by atoms with Gasteiger partial charge in [-0.2, -0.15) is 31.4 Å². The van der Waals surface area contributed by atoms with Gasteiger partial charge < -0.3 is 15.0 Å². The van der Waals surface area contributed by atoms with Gasteiger partial charge in [0.15, 0.2) is 6.17 Å². The number of urea groups is 2. The maximum atomic E-state index is 13.8. The van der Waals surface area contributed by atoms with Gasteiger partial charge in [0.1, 0.15) is 5.75 Å². The molecular formula is C28H26F6N4O4. The lowest BCUT2D eigenvalue weighted by Gasteiger charge is -2.38. The van der Waals surface area contributed by atoms with E-state index in [0.29, 0.717) is 23.4 Å². The number of methoxy groups -OCH3 is 1. The number of hydrogen-bond acceptors (Lipinski definition) is 4. The number of alkyl halides is 6. The summed E-state index contributed by atoms with van der Waals surface area (Å²) in [7, 11) is 1.47. The zero-order valence-electron chi connectivity index (χ0n) is 22.5. The van der Waals surface area contributed by atoms with Crippen LogP contribution in [0.25, 0.3) is 0 Å². The Morgan fingerprint density at radius 2 is 1.52 bits per heavy atom. The molecule has 0 spiro atoms. The Balaban J connectivity index is 1.73. The molecule has 1 saturated heterocycles. The number of hydrogen-bond donors (Lipinski definition) is 2. The Morgan fingerprint density at radius 3 is 2.10 bits per heavy atom. The second kappa shape index (κ2) is 11.1. The first-order chi connectivity index (χ1) is 19.5. The van der Waals surface area contributed by atoms with Gasteiger partial charge in [0.25, 0.3) is 0 Å². The third-order valence-corrected chi connectivity index (χ3v) is 6.84. The zero-order valence-corrected chi connectivity index (χ0v) is 22.5. The molecule has 14 heteroatoms. The van der Waals surface area contributed by atoms with Crippen LogP contribution < -0.4 is 15.0 Å². The lowest BCUT2D eigenvalue weighted by atomic mass is 9.99. The second-order valence-corrected chi connectivity index (χ2v) is 10.0. The Kier molecular flexibility index (Phi) is 8.05. The van der Waals surface area contributed by atoms with Gasteiger partial charge in [-0.25, -0.2) is 9.59 Å². The average molecular weight is 597 g/mol. The molecule has 8 nitrogen and oxygen atoms in total. The highest BCUT2D eigenvalue weighted by Gasteiger charge is 2.56. The van der Waals surface area contributed by atoms with Crippen LogP contribution in [0.5, 0.6) is 5.75 Å². The molecule has 1 aliphatic heterocycles. The highest BCUT2D eigenvalue weighted by atomic mass is 19.4. The van der Waals surface area contributed by atoms with E-state index < -0.39 is 47.2 Å². The fourth-order valence-electron chi connectivity index (χ4n) is 4.68. The fraction of sp³-hybridized carbons (Fsp3) is 0.286. The lowest BCUT2D eigenvalue weighted by Crippen LogP contribution is -2.58. The van der Waals surface area contributed by atoms with E-state index >= 15 is 0 Å². The monoisotopic (exact) mass is 596 g/mol. The molecule has 3 aromatic carbocycles. The van der Waals surface area contributed by atoms with E-state index in [1.165, 1.54) is 31.9 Å². The standard InChI is InChI=1S/C28H26F6N4O4/c1-26(2)23(38(41)24(39)35-20-8-4-6-18(14-20)27(29,30)31)37(21-9-5-7-19(15-21)28(32,33)34)25(40)36(26)16-17-10-12-22(42-3)13-11-17/h4-15,23,41H,16H2,1-3H3,(H,35,39)/t23-/m0/s1. The maximum absolute atomic E-state index is 13.8. The molecule has 0 bridgehead atoms. The molecule has 1 aliphatic rings. The molecule has 1 atom stereocenters. The number of rotatable bonds is 6. The molecule has 3 aromatic rings. The number of carbonyl (C=O) groups is 2. The van der Waals surface area contributed by atoms with Crippen LogP contribution in [-0.2, 0) is 18.9 Å². The van der Waals surface area contributed by atoms with Crippen molar-refractivity contribution >= 4 is 23.4 Å². The van der Waals surface area contributed by atoms with Crippen LogP contribution in [0.3, 0.4) is 0 Å². The minimum Gasteiger partial charge on any atom is -0.497 e. The molecule has 0 saturated carbocycles. The number of nitrogens with one attached hydrogen (secondary N) is 1. The first kappa shape index (κ1) is 30.5. The maximum Gasteiger partial charge on any atom is 0.416 e. The molecule has 0 radical (unpaired) electrons. The number of anilines is 2. The molecule has 0 aromatic heterocycles. The summed E-state index contributed by atoms with van der Waals surface area (Å²) in [4.78, 5) is 29.0. The van der Waals surface area contributed by atoms with Crippen molar-refractivity contribution in [3.8, 4) is 5.75 Å². The van der Waals surface area contributed by atoms with Crippen LogP contribution in [-0.4, -0.2) is 46.0 Å². The van der Waals surface area contributed by atoms with Gasteiger partial charge >= 0.3 is 24.4 Å². The number of amides is 4. The van der Waals surface area contributed by atoms with Crippen molar-refractivity contribution in [3.63, 3.8) is 0 Å². The molecule has 2 N–H and O–H groups in total. The Hall–Kier alpha value is -4.46. The topological polar surface area (TPSA) is 85.3 Å². The number of ether oxygens (including phenoxy) is 1. The third kappa shape index (κ3) is 6.08. The lowest BCUT2D eigenvalue weighted by molar-refractivity contribution is -0.138. The molecule has 1 fully saturated rings. The van der Waals surface area contributed by atoms with Crippen LogP contribution in [0.4, 0.5) is 47.3 Å². The molecule has 4 rings (SSSR count). The predicted molar refractivity (Wildman–Crippen MR) is 140 cm³/mol. The van der Waals surface area contributed by atoms with Crippen molar-refractivity contribution in [2.45, 2.75) is 44.4 Å². The summed E-state index contributed by atoms with van der Waals surface area (Å²) >= 11 is 0. The highest BCUT2D eigenvalue weighted by molar-refractivity contribution is 5.98. The van der Waals surface area contributed by atoms with E-state index in [2.05, 4.69) is 5.32 Å². The summed E-state index contributed by atoms with van der Waals surface area (Å²) in [5.74, 6) is 0.544. The summed E-state index contributed by atoms with van der Waals surface area (Å²) < 4.78 is 85.3. The summed E-state index contributed by atoms with van der Waals surface area (Å²) in [6.07, 6.45) is -11.1. The Bertz CT molecular complexity index is 1460.